The fourth-order valence-electron chi connectivity index (χ4n) is 0.985. The van der Waals surface area contributed by atoms with Crippen molar-refractivity contribution in [2.75, 3.05) is 0 Å². The lowest BCUT2D eigenvalue weighted by atomic mass is 10.3. The number of aryl methyl sites for hydroxylation is 1. The van der Waals surface area contributed by atoms with Crippen LogP contribution in [0.3, 0.4) is 0 Å². The molecular formula is C9H9N3O2. The Balaban J connectivity index is 3.19. The van der Waals surface area contributed by atoms with Crippen LogP contribution >= 0.6 is 0 Å². The van der Waals surface area contributed by atoms with Gasteiger partial charge in [-0.15, -0.1) is 6.58 Å². The number of hydrogen-bond acceptors (Lipinski definition) is 3. The summed E-state index contributed by atoms with van der Waals surface area (Å²) in [6.07, 6.45) is 3.52. The van der Waals surface area contributed by atoms with Crippen LogP contribution in [0.1, 0.15) is 12.0 Å². The molecule has 0 saturated heterocycles. The monoisotopic (exact) mass is 191 g/mol. The lowest BCUT2D eigenvalue weighted by molar-refractivity contribution is 0.653. The molecule has 0 aliphatic carbocycles. The Kier molecular flexibility index (Phi) is 3.02. The predicted molar refractivity (Wildman–Crippen MR) is 50.9 cm³/mol. The number of allylic oxidation sites excluding steroid dienone is 1. The number of nitrogens with zero attached hydrogens (tertiary/aromatic N) is 2. The summed E-state index contributed by atoms with van der Waals surface area (Å²) in [6, 6.07) is 1.71. The molecule has 0 spiro atoms. The second-order valence-corrected chi connectivity index (χ2v) is 2.68. The van der Waals surface area contributed by atoms with E-state index in [1.54, 1.807) is 12.1 Å². The van der Waals surface area contributed by atoms with Crippen LogP contribution in [0, 0.1) is 11.3 Å². The van der Waals surface area contributed by atoms with Gasteiger partial charge in [0.15, 0.2) is 0 Å². The summed E-state index contributed by atoms with van der Waals surface area (Å²) in [6.45, 7) is 3.92. The number of aromatic nitrogens is 2. The third kappa shape index (κ3) is 1.98. The van der Waals surface area contributed by atoms with Crippen LogP contribution in [0.5, 0.6) is 0 Å². The molecule has 14 heavy (non-hydrogen) atoms. The highest BCUT2D eigenvalue weighted by molar-refractivity contribution is 5.21. The maximum atomic E-state index is 11.2. The quantitative estimate of drug-likeness (QED) is 0.682. The van der Waals surface area contributed by atoms with E-state index in [-0.39, 0.29) is 5.56 Å². The van der Waals surface area contributed by atoms with Crippen molar-refractivity contribution in [3.8, 4) is 6.07 Å². The van der Waals surface area contributed by atoms with Crippen molar-refractivity contribution in [2.24, 2.45) is 0 Å². The smallest absolute Gasteiger partial charge is 0.299 e. The molecule has 1 aromatic rings. The average molecular weight is 191 g/mol. The second kappa shape index (κ2) is 4.23. The minimum atomic E-state index is -0.646. The molecule has 0 aliphatic rings. The molecule has 0 atom stereocenters. The molecule has 1 heterocycles. The number of aromatic amines is 1. The fraction of sp³-hybridized carbons (Fsp3) is 0.222. The topological polar surface area (TPSA) is 78.7 Å². The van der Waals surface area contributed by atoms with Crippen LogP contribution in [-0.2, 0) is 6.54 Å². The zero-order valence-electron chi connectivity index (χ0n) is 7.49. The maximum absolute atomic E-state index is 11.2. The standard InChI is InChI=1S/C9H9N3O2/c1-2-3-4-12-6-7(5-10)8(13)11-9(12)14/h2,6H,1,3-4H2,(H,11,13,14). The van der Waals surface area contributed by atoms with Gasteiger partial charge in [-0.25, -0.2) is 4.79 Å². The Morgan fingerprint density at radius 2 is 2.36 bits per heavy atom. The van der Waals surface area contributed by atoms with E-state index < -0.39 is 11.2 Å². The van der Waals surface area contributed by atoms with Crippen molar-refractivity contribution in [1.82, 2.24) is 9.55 Å². The molecule has 1 aromatic heterocycles. The van der Waals surface area contributed by atoms with Crippen LogP contribution in [0.25, 0.3) is 0 Å². The number of nitrogens with one attached hydrogen (secondary N) is 1. The largest absolute Gasteiger partial charge is 0.328 e. The molecule has 0 bridgehead atoms. The summed E-state index contributed by atoms with van der Waals surface area (Å²) in [5.74, 6) is 0. The first-order valence-corrected chi connectivity index (χ1v) is 4.04. The molecule has 0 amide bonds. The Labute approximate surface area is 79.9 Å². The molecule has 0 saturated carbocycles. The molecule has 5 nitrogen and oxygen atoms in total. The maximum Gasteiger partial charge on any atom is 0.328 e. The molecule has 0 fully saturated rings. The Morgan fingerprint density at radius 1 is 1.64 bits per heavy atom. The second-order valence-electron chi connectivity index (χ2n) is 2.68. The van der Waals surface area contributed by atoms with E-state index >= 15 is 0 Å². The number of rotatable bonds is 3. The van der Waals surface area contributed by atoms with E-state index in [4.69, 9.17) is 5.26 Å². The summed E-state index contributed by atoms with van der Waals surface area (Å²) in [5, 5.41) is 8.55. The van der Waals surface area contributed by atoms with Crippen molar-refractivity contribution in [3.05, 3.63) is 45.3 Å². The highest BCUT2D eigenvalue weighted by Gasteiger charge is 2.02. The molecule has 0 aliphatic heterocycles. The Morgan fingerprint density at radius 3 is 2.93 bits per heavy atom. The molecule has 1 rings (SSSR count). The molecule has 72 valence electrons. The molecular weight excluding hydrogens is 182 g/mol. The average Bonchev–Trinajstić information content (AvgIpc) is 2.17. The minimum Gasteiger partial charge on any atom is -0.299 e. The van der Waals surface area contributed by atoms with E-state index in [1.807, 2.05) is 0 Å². The van der Waals surface area contributed by atoms with Gasteiger partial charge in [0.05, 0.1) is 0 Å². The van der Waals surface area contributed by atoms with Crippen molar-refractivity contribution < 1.29 is 0 Å². The van der Waals surface area contributed by atoms with Crippen molar-refractivity contribution in [1.29, 1.82) is 5.26 Å². The Bertz CT molecular complexity index is 490. The summed E-state index contributed by atoms with van der Waals surface area (Å²) in [5.41, 5.74) is -1.21. The van der Waals surface area contributed by atoms with Crippen molar-refractivity contribution in [3.63, 3.8) is 0 Å². The summed E-state index contributed by atoms with van der Waals surface area (Å²) >= 11 is 0. The van der Waals surface area contributed by atoms with Gasteiger partial charge in [-0.3, -0.25) is 14.3 Å². The lowest BCUT2D eigenvalue weighted by Gasteiger charge is -2.01. The normalized spacial score (nSPS) is 9.36. The highest BCUT2D eigenvalue weighted by Crippen LogP contribution is 1.88. The zero-order valence-corrected chi connectivity index (χ0v) is 7.49. The molecule has 0 radical (unpaired) electrons. The van der Waals surface area contributed by atoms with Crippen LogP contribution in [0.2, 0.25) is 0 Å². The molecule has 5 heteroatoms. The van der Waals surface area contributed by atoms with Gasteiger partial charge in [0.1, 0.15) is 11.6 Å². The van der Waals surface area contributed by atoms with Crippen molar-refractivity contribution >= 4 is 0 Å². The van der Waals surface area contributed by atoms with E-state index in [2.05, 4.69) is 11.6 Å². The first-order chi connectivity index (χ1) is 6.69. The van der Waals surface area contributed by atoms with Gasteiger partial charge in [0.25, 0.3) is 5.56 Å². The first kappa shape index (κ1) is 9.99. The summed E-state index contributed by atoms with van der Waals surface area (Å²) in [7, 11) is 0. The van der Waals surface area contributed by atoms with E-state index in [0.717, 1.165) is 0 Å². The zero-order chi connectivity index (χ0) is 10.6. The third-order valence-electron chi connectivity index (χ3n) is 1.71. The van der Waals surface area contributed by atoms with E-state index in [1.165, 1.54) is 10.8 Å². The lowest BCUT2D eigenvalue weighted by Crippen LogP contribution is -2.30. The van der Waals surface area contributed by atoms with Gasteiger partial charge in [0.2, 0.25) is 0 Å². The minimum absolute atomic E-state index is 0.0614. The van der Waals surface area contributed by atoms with E-state index in [9.17, 15) is 9.59 Å². The van der Waals surface area contributed by atoms with E-state index in [0.29, 0.717) is 13.0 Å². The number of nitriles is 1. The SMILES string of the molecule is C=CCCn1cc(C#N)c(=O)[nH]c1=O. The van der Waals surface area contributed by atoms with Crippen LogP contribution in [0.15, 0.2) is 28.4 Å². The molecule has 0 unspecified atom stereocenters. The van der Waals surface area contributed by atoms with Gasteiger partial charge in [-0.05, 0) is 6.42 Å². The summed E-state index contributed by atoms with van der Waals surface area (Å²) < 4.78 is 1.28. The number of hydrogen-bond donors (Lipinski definition) is 1. The van der Waals surface area contributed by atoms with Gasteiger partial charge >= 0.3 is 5.69 Å². The highest BCUT2D eigenvalue weighted by atomic mass is 16.2. The van der Waals surface area contributed by atoms with Crippen LogP contribution in [0.4, 0.5) is 0 Å². The Hall–Kier alpha value is -2.09. The number of H-pyrrole nitrogens is 1. The van der Waals surface area contributed by atoms with Gasteiger partial charge < -0.3 is 0 Å². The van der Waals surface area contributed by atoms with Gasteiger partial charge in [-0.2, -0.15) is 5.26 Å². The fourth-order valence-corrected chi connectivity index (χ4v) is 0.985. The van der Waals surface area contributed by atoms with Gasteiger partial charge in [-0.1, -0.05) is 6.08 Å². The first-order valence-electron chi connectivity index (χ1n) is 4.04. The van der Waals surface area contributed by atoms with Crippen molar-refractivity contribution in [2.45, 2.75) is 13.0 Å². The summed E-state index contributed by atoms with van der Waals surface area (Å²) in [4.78, 5) is 24.2. The van der Waals surface area contributed by atoms with Crippen LogP contribution < -0.4 is 11.2 Å². The van der Waals surface area contributed by atoms with Gasteiger partial charge in [0, 0.05) is 12.7 Å². The molecule has 0 aromatic carbocycles. The third-order valence-corrected chi connectivity index (χ3v) is 1.71. The van der Waals surface area contributed by atoms with Crippen LogP contribution in [-0.4, -0.2) is 9.55 Å². The molecule has 1 N–H and O–H groups in total. The predicted octanol–water partition coefficient (Wildman–Crippen LogP) is -0.0156.